The zero-order valence-electron chi connectivity index (χ0n) is 9.74. The Morgan fingerprint density at radius 2 is 2.47 bits per heavy atom. The minimum absolute atomic E-state index is 0.699. The van der Waals surface area contributed by atoms with E-state index in [4.69, 9.17) is 0 Å². The molecule has 1 aromatic heterocycles. The SMILES string of the molecule is CC1CCNC(CCc2nccn2C)C1. The summed E-state index contributed by atoms with van der Waals surface area (Å²) in [4.78, 5) is 4.35. The Morgan fingerprint density at radius 3 is 3.13 bits per heavy atom. The van der Waals surface area contributed by atoms with Gasteiger partial charge in [0.1, 0.15) is 5.82 Å². The number of nitrogens with zero attached hydrogens (tertiary/aromatic N) is 2. The topological polar surface area (TPSA) is 29.9 Å². The van der Waals surface area contributed by atoms with Crippen LogP contribution < -0.4 is 5.32 Å². The molecule has 2 unspecified atom stereocenters. The van der Waals surface area contributed by atoms with Crippen LogP contribution in [0.5, 0.6) is 0 Å². The van der Waals surface area contributed by atoms with Crippen molar-refractivity contribution in [1.82, 2.24) is 14.9 Å². The molecule has 0 radical (unpaired) electrons. The maximum atomic E-state index is 4.35. The summed E-state index contributed by atoms with van der Waals surface area (Å²) in [7, 11) is 2.07. The molecule has 0 saturated carbocycles. The van der Waals surface area contributed by atoms with Crippen molar-refractivity contribution in [2.24, 2.45) is 13.0 Å². The van der Waals surface area contributed by atoms with Gasteiger partial charge in [-0.25, -0.2) is 4.98 Å². The third kappa shape index (κ3) is 2.81. The standard InChI is InChI=1S/C12H21N3/c1-10-5-6-13-11(9-10)3-4-12-14-7-8-15(12)2/h7-8,10-11,13H,3-6,9H2,1-2H3. The second-order valence-corrected chi connectivity index (χ2v) is 4.77. The molecular weight excluding hydrogens is 186 g/mol. The molecule has 0 spiro atoms. The quantitative estimate of drug-likeness (QED) is 0.818. The molecule has 3 nitrogen and oxygen atoms in total. The van der Waals surface area contributed by atoms with E-state index in [-0.39, 0.29) is 0 Å². The number of hydrogen-bond acceptors (Lipinski definition) is 2. The van der Waals surface area contributed by atoms with Crippen LogP contribution in [0.25, 0.3) is 0 Å². The summed E-state index contributed by atoms with van der Waals surface area (Å²) in [6.07, 6.45) is 8.87. The van der Waals surface area contributed by atoms with Gasteiger partial charge in [0.25, 0.3) is 0 Å². The monoisotopic (exact) mass is 207 g/mol. The maximum absolute atomic E-state index is 4.35. The van der Waals surface area contributed by atoms with E-state index in [0.29, 0.717) is 6.04 Å². The minimum Gasteiger partial charge on any atom is -0.338 e. The van der Waals surface area contributed by atoms with Crippen molar-refractivity contribution in [3.8, 4) is 0 Å². The summed E-state index contributed by atoms with van der Waals surface area (Å²) in [5.41, 5.74) is 0. The van der Waals surface area contributed by atoms with Crippen LogP contribution in [-0.2, 0) is 13.5 Å². The summed E-state index contributed by atoms with van der Waals surface area (Å²) < 4.78 is 2.12. The molecule has 0 bridgehead atoms. The van der Waals surface area contributed by atoms with E-state index in [9.17, 15) is 0 Å². The average molecular weight is 207 g/mol. The van der Waals surface area contributed by atoms with E-state index in [0.717, 1.165) is 12.3 Å². The molecule has 15 heavy (non-hydrogen) atoms. The zero-order chi connectivity index (χ0) is 10.7. The Morgan fingerprint density at radius 1 is 1.60 bits per heavy atom. The first-order chi connectivity index (χ1) is 7.25. The van der Waals surface area contributed by atoms with Crippen LogP contribution in [0.4, 0.5) is 0 Å². The highest BCUT2D eigenvalue weighted by molar-refractivity contribution is 4.92. The number of rotatable bonds is 3. The van der Waals surface area contributed by atoms with Gasteiger partial charge >= 0.3 is 0 Å². The van der Waals surface area contributed by atoms with Crippen molar-refractivity contribution in [3.05, 3.63) is 18.2 Å². The largest absolute Gasteiger partial charge is 0.338 e. The van der Waals surface area contributed by atoms with Gasteiger partial charge in [-0.05, 0) is 31.7 Å². The fourth-order valence-electron chi connectivity index (χ4n) is 2.38. The zero-order valence-corrected chi connectivity index (χ0v) is 9.74. The van der Waals surface area contributed by atoms with E-state index in [1.165, 1.54) is 31.6 Å². The van der Waals surface area contributed by atoms with Crippen LogP contribution in [0.15, 0.2) is 12.4 Å². The summed E-state index contributed by atoms with van der Waals surface area (Å²) >= 11 is 0. The predicted octanol–water partition coefficient (Wildman–Crippen LogP) is 1.74. The second-order valence-electron chi connectivity index (χ2n) is 4.77. The van der Waals surface area contributed by atoms with Crippen LogP contribution in [0.2, 0.25) is 0 Å². The van der Waals surface area contributed by atoms with Crippen molar-refractivity contribution in [2.75, 3.05) is 6.54 Å². The van der Waals surface area contributed by atoms with E-state index >= 15 is 0 Å². The Balaban J connectivity index is 1.80. The van der Waals surface area contributed by atoms with Crippen LogP contribution in [0.1, 0.15) is 32.0 Å². The number of hydrogen-bond donors (Lipinski definition) is 1. The third-order valence-corrected chi connectivity index (χ3v) is 3.39. The number of aromatic nitrogens is 2. The van der Waals surface area contributed by atoms with Crippen molar-refractivity contribution in [1.29, 1.82) is 0 Å². The fraction of sp³-hybridized carbons (Fsp3) is 0.750. The van der Waals surface area contributed by atoms with Crippen LogP contribution >= 0.6 is 0 Å². The van der Waals surface area contributed by atoms with Gasteiger partial charge < -0.3 is 9.88 Å². The lowest BCUT2D eigenvalue weighted by atomic mass is 9.92. The highest BCUT2D eigenvalue weighted by atomic mass is 15.0. The molecule has 0 aromatic carbocycles. The van der Waals surface area contributed by atoms with Crippen LogP contribution in [-0.4, -0.2) is 22.1 Å². The van der Waals surface area contributed by atoms with Gasteiger partial charge in [-0.2, -0.15) is 0 Å². The fourth-order valence-corrected chi connectivity index (χ4v) is 2.38. The predicted molar refractivity (Wildman–Crippen MR) is 61.7 cm³/mol. The van der Waals surface area contributed by atoms with Gasteiger partial charge in [-0.3, -0.25) is 0 Å². The number of piperidine rings is 1. The van der Waals surface area contributed by atoms with Crippen LogP contribution in [0.3, 0.4) is 0 Å². The smallest absolute Gasteiger partial charge is 0.108 e. The molecule has 1 aliphatic heterocycles. The van der Waals surface area contributed by atoms with Gasteiger partial charge in [0.05, 0.1) is 0 Å². The Kier molecular flexibility index (Phi) is 3.41. The first-order valence-corrected chi connectivity index (χ1v) is 5.95. The summed E-state index contributed by atoms with van der Waals surface area (Å²) in [5, 5.41) is 3.59. The third-order valence-electron chi connectivity index (χ3n) is 3.39. The molecule has 0 aliphatic carbocycles. The Bertz CT molecular complexity index is 306. The van der Waals surface area contributed by atoms with E-state index in [1.807, 2.05) is 12.4 Å². The first-order valence-electron chi connectivity index (χ1n) is 5.95. The minimum atomic E-state index is 0.699. The molecule has 0 amide bonds. The second kappa shape index (κ2) is 4.79. The summed E-state index contributed by atoms with van der Waals surface area (Å²) in [6, 6.07) is 0.699. The Hall–Kier alpha value is -0.830. The average Bonchev–Trinajstić information content (AvgIpc) is 2.61. The van der Waals surface area contributed by atoms with Gasteiger partial charge in [-0.15, -0.1) is 0 Å². The van der Waals surface area contributed by atoms with Gasteiger partial charge in [0.15, 0.2) is 0 Å². The molecule has 2 rings (SSSR count). The molecule has 84 valence electrons. The van der Waals surface area contributed by atoms with Crippen molar-refractivity contribution in [2.45, 2.75) is 38.6 Å². The lowest BCUT2D eigenvalue weighted by Gasteiger charge is -2.28. The highest BCUT2D eigenvalue weighted by Gasteiger charge is 2.18. The maximum Gasteiger partial charge on any atom is 0.108 e. The van der Waals surface area contributed by atoms with Crippen LogP contribution in [0, 0.1) is 5.92 Å². The van der Waals surface area contributed by atoms with Crippen molar-refractivity contribution >= 4 is 0 Å². The molecule has 1 N–H and O–H groups in total. The van der Waals surface area contributed by atoms with Gasteiger partial charge in [0.2, 0.25) is 0 Å². The molecule has 1 fully saturated rings. The summed E-state index contributed by atoms with van der Waals surface area (Å²) in [5.74, 6) is 2.09. The molecule has 2 heterocycles. The van der Waals surface area contributed by atoms with Gasteiger partial charge in [-0.1, -0.05) is 6.92 Å². The number of nitrogens with one attached hydrogen (secondary N) is 1. The first kappa shape index (κ1) is 10.7. The van der Waals surface area contributed by atoms with E-state index in [1.54, 1.807) is 0 Å². The molecule has 1 aliphatic rings. The summed E-state index contributed by atoms with van der Waals surface area (Å²) in [6.45, 7) is 3.54. The normalized spacial score (nSPS) is 26.8. The molecular formula is C12H21N3. The molecule has 2 atom stereocenters. The number of imidazole rings is 1. The van der Waals surface area contributed by atoms with E-state index in [2.05, 4.69) is 28.8 Å². The lowest BCUT2D eigenvalue weighted by Crippen LogP contribution is -2.37. The Labute approximate surface area is 91.9 Å². The molecule has 1 saturated heterocycles. The molecule has 3 heteroatoms. The van der Waals surface area contributed by atoms with Crippen molar-refractivity contribution < 1.29 is 0 Å². The highest BCUT2D eigenvalue weighted by Crippen LogP contribution is 2.18. The lowest BCUT2D eigenvalue weighted by molar-refractivity contribution is 0.306. The molecule has 1 aromatic rings. The number of aryl methyl sites for hydroxylation is 2. The van der Waals surface area contributed by atoms with Gasteiger partial charge in [0, 0.05) is 31.9 Å². The van der Waals surface area contributed by atoms with E-state index < -0.39 is 0 Å². The van der Waals surface area contributed by atoms with Crippen molar-refractivity contribution in [3.63, 3.8) is 0 Å².